The summed E-state index contributed by atoms with van der Waals surface area (Å²) in [6.45, 7) is 0.940. The molecule has 0 spiro atoms. The highest BCUT2D eigenvalue weighted by molar-refractivity contribution is 7.92. The van der Waals surface area contributed by atoms with Gasteiger partial charge in [0, 0.05) is 12.6 Å². The van der Waals surface area contributed by atoms with Crippen molar-refractivity contribution >= 4 is 32.2 Å². The van der Waals surface area contributed by atoms with Gasteiger partial charge >= 0.3 is 0 Å². The fourth-order valence-electron chi connectivity index (χ4n) is 3.99. The summed E-state index contributed by atoms with van der Waals surface area (Å²) in [5.74, 6) is 0.931. The fraction of sp³-hybridized carbons (Fsp3) is 0.786. The van der Waals surface area contributed by atoms with Crippen LogP contribution in [0.15, 0.2) is 4.90 Å². The molecule has 2 saturated carbocycles. The number of aromatic nitrogens is 1. The third kappa shape index (κ3) is 2.16. The first-order valence-electron chi connectivity index (χ1n) is 7.84. The van der Waals surface area contributed by atoms with Crippen LogP contribution in [-0.4, -0.2) is 30.6 Å². The van der Waals surface area contributed by atoms with E-state index >= 15 is 0 Å². The SMILES string of the molecule is Nc1nsc(N2CCCC3CCCC32)c1S(=O)(=O)C1CC1. The predicted molar refractivity (Wildman–Crippen MR) is 84.4 cm³/mol. The third-order valence-corrected chi connectivity index (χ3v) is 8.51. The minimum Gasteiger partial charge on any atom is -0.382 e. The number of anilines is 2. The van der Waals surface area contributed by atoms with Crippen LogP contribution in [-0.2, 0) is 9.84 Å². The molecule has 1 aromatic rings. The number of nitrogens with two attached hydrogens (primary N) is 1. The van der Waals surface area contributed by atoms with E-state index in [0.29, 0.717) is 10.9 Å². The van der Waals surface area contributed by atoms with Crippen molar-refractivity contribution in [3.05, 3.63) is 0 Å². The van der Waals surface area contributed by atoms with Gasteiger partial charge in [-0.05, 0) is 56.0 Å². The highest BCUT2D eigenvalue weighted by Crippen LogP contribution is 2.46. The van der Waals surface area contributed by atoms with Gasteiger partial charge in [0.05, 0.1) is 5.25 Å². The average Bonchev–Trinajstić information content (AvgIpc) is 3.09. The smallest absolute Gasteiger partial charge is 0.187 e. The Morgan fingerprint density at radius 2 is 1.90 bits per heavy atom. The van der Waals surface area contributed by atoms with Gasteiger partial charge < -0.3 is 10.6 Å². The first kappa shape index (κ1) is 13.8. The molecule has 0 aromatic carbocycles. The van der Waals surface area contributed by atoms with Crippen molar-refractivity contribution in [3.63, 3.8) is 0 Å². The summed E-state index contributed by atoms with van der Waals surface area (Å²) in [6, 6.07) is 0.492. The zero-order valence-corrected chi connectivity index (χ0v) is 13.6. The van der Waals surface area contributed by atoms with Gasteiger partial charge in [0.25, 0.3) is 0 Å². The number of nitrogen functional groups attached to an aromatic ring is 1. The summed E-state index contributed by atoms with van der Waals surface area (Å²) >= 11 is 1.28. The Morgan fingerprint density at radius 1 is 1.14 bits per heavy atom. The van der Waals surface area contributed by atoms with E-state index < -0.39 is 9.84 Å². The van der Waals surface area contributed by atoms with E-state index in [-0.39, 0.29) is 11.1 Å². The molecular formula is C14H21N3O2S2. The Morgan fingerprint density at radius 3 is 2.67 bits per heavy atom. The van der Waals surface area contributed by atoms with Crippen LogP contribution in [0.1, 0.15) is 44.9 Å². The average molecular weight is 327 g/mol. The quantitative estimate of drug-likeness (QED) is 0.922. The zero-order valence-electron chi connectivity index (χ0n) is 12.0. The van der Waals surface area contributed by atoms with Crippen molar-refractivity contribution in [2.24, 2.45) is 5.92 Å². The van der Waals surface area contributed by atoms with Gasteiger partial charge in [-0.25, -0.2) is 8.42 Å². The van der Waals surface area contributed by atoms with Crippen LogP contribution >= 0.6 is 11.5 Å². The molecule has 0 radical (unpaired) electrons. The van der Waals surface area contributed by atoms with Gasteiger partial charge in [-0.2, -0.15) is 4.37 Å². The largest absolute Gasteiger partial charge is 0.382 e. The molecule has 7 heteroatoms. The van der Waals surface area contributed by atoms with E-state index in [0.717, 1.165) is 36.7 Å². The lowest BCUT2D eigenvalue weighted by Crippen LogP contribution is -2.42. The topological polar surface area (TPSA) is 76.3 Å². The lowest BCUT2D eigenvalue weighted by Gasteiger charge is -2.38. The molecule has 5 nitrogen and oxygen atoms in total. The van der Waals surface area contributed by atoms with Crippen LogP contribution in [0.3, 0.4) is 0 Å². The second kappa shape index (κ2) is 4.84. The molecule has 2 unspecified atom stereocenters. The maximum atomic E-state index is 12.7. The van der Waals surface area contributed by atoms with Gasteiger partial charge in [-0.1, -0.05) is 6.42 Å². The second-order valence-electron chi connectivity index (χ2n) is 6.54. The Kier molecular flexibility index (Phi) is 3.19. The van der Waals surface area contributed by atoms with Crippen LogP contribution in [0.5, 0.6) is 0 Å². The van der Waals surface area contributed by atoms with Gasteiger partial charge in [0.1, 0.15) is 9.90 Å². The fourth-order valence-corrected chi connectivity index (χ4v) is 7.09. The van der Waals surface area contributed by atoms with E-state index in [1.54, 1.807) is 0 Å². The van der Waals surface area contributed by atoms with E-state index in [4.69, 9.17) is 5.73 Å². The maximum absolute atomic E-state index is 12.7. The molecule has 1 saturated heterocycles. The van der Waals surface area contributed by atoms with Gasteiger partial charge in [-0.15, -0.1) is 0 Å². The van der Waals surface area contributed by atoms with Crippen LogP contribution in [0.25, 0.3) is 0 Å². The summed E-state index contributed by atoms with van der Waals surface area (Å²) in [6.07, 6.45) is 7.66. The molecule has 116 valence electrons. The van der Waals surface area contributed by atoms with Crippen molar-refractivity contribution < 1.29 is 8.42 Å². The van der Waals surface area contributed by atoms with Crippen molar-refractivity contribution in [3.8, 4) is 0 Å². The number of sulfone groups is 1. The minimum atomic E-state index is -3.28. The molecule has 3 aliphatic rings. The van der Waals surface area contributed by atoms with Crippen LogP contribution < -0.4 is 10.6 Å². The van der Waals surface area contributed by atoms with Crippen molar-refractivity contribution in [2.75, 3.05) is 17.2 Å². The van der Waals surface area contributed by atoms with E-state index in [1.807, 2.05) is 0 Å². The van der Waals surface area contributed by atoms with Gasteiger partial charge in [-0.3, -0.25) is 0 Å². The Hall–Kier alpha value is -0.820. The van der Waals surface area contributed by atoms with Crippen molar-refractivity contribution in [1.29, 1.82) is 0 Å². The first-order chi connectivity index (χ1) is 10.1. The summed E-state index contributed by atoms with van der Waals surface area (Å²) in [5.41, 5.74) is 5.93. The number of fused-ring (bicyclic) bond motifs is 1. The molecule has 0 amide bonds. The summed E-state index contributed by atoms with van der Waals surface area (Å²) in [5, 5.41) is 0.593. The number of hydrogen-bond donors (Lipinski definition) is 1. The molecule has 4 rings (SSSR count). The highest BCUT2D eigenvalue weighted by atomic mass is 32.2. The molecule has 1 aromatic heterocycles. The number of rotatable bonds is 3. The molecule has 2 aliphatic carbocycles. The molecule has 0 bridgehead atoms. The summed E-state index contributed by atoms with van der Waals surface area (Å²) in [7, 11) is -3.28. The van der Waals surface area contributed by atoms with Crippen molar-refractivity contribution in [1.82, 2.24) is 4.37 Å². The monoisotopic (exact) mass is 327 g/mol. The molecule has 1 aliphatic heterocycles. The Labute approximate surface area is 129 Å². The van der Waals surface area contributed by atoms with Crippen molar-refractivity contribution in [2.45, 2.75) is 61.1 Å². The molecule has 3 fully saturated rings. The first-order valence-corrected chi connectivity index (χ1v) is 10.2. The molecule has 2 atom stereocenters. The molecular weight excluding hydrogens is 306 g/mol. The number of piperidine rings is 1. The third-order valence-electron chi connectivity index (χ3n) is 5.16. The Bertz CT molecular complexity index is 651. The van der Waals surface area contributed by atoms with Gasteiger partial charge in [0.15, 0.2) is 15.7 Å². The lowest BCUT2D eigenvalue weighted by atomic mass is 9.92. The normalized spacial score (nSPS) is 29.6. The second-order valence-corrected chi connectivity index (χ2v) is 9.46. The van der Waals surface area contributed by atoms with E-state index in [1.165, 1.54) is 37.2 Å². The van der Waals surface area contributed by atoms with Crippen LogP contribution in [0, 0.1) is 5.92 Å². The standard InChI is InChI=1S/C14H21N3O2S2/c15-13-12(21(18,19)10-6-7-10)14(20-16-13)17-8-2-4-9-3-1-5-11(9)17/h9-11H,1-8H2,(H2,15,16). The zero-order chi connectivity index (χ0) is 14.6. The summed E-state index contributed by atoms with van der Waals surface area (Å²) < 4.78 is 29.6. The molecule has 21 heavy (non-hydrogen) atoms. The van der Waals surface area contributed by atoms with Crippen LogP contribution in [0.4, 0.5) is 10.8 Å². The highest BCUT2D eigenvalue weighted by Gasteiger charge is 2.44. The molecule has 2 N–H and O–H groups in total. The minimum absolute atomic E-state index is 0.210. The van der Waals surface area contributed by atoms with Crippen LogP contribution in [0.2, 0.25) is 0 Å². The number of hydrogen-bond acceptors (Lipinski definition) is 6. The number of nitrogens with zero attached hydrogens (tertiary/aromatic N) is 2. The molecule has 2 heterocycles. The maximum Gasteiger partial charge on any atom is 0.187 e. The Balaban J connectivity index is 1.75. The predicted octanol–water partition coefficient (Wildman–Crippen LogP) is 2.43. The summed E-state index contributed by atoms with van der Waals surface area (Å²) in [4.78, 5) is 2.65. The van der Waals surface area contributed by atoms with E-state index in [2.05, 4.69) is 9.27 Å². The van der Waals surface area contributed by atoms with E-state index in [9.17, 15) is 8.42 Å². The van der Waals surface area contributed by atoms with Gasteiger partial charge in [0.2, 0.25) is 0 Å². The lowest BCUT2D eigenvalue weighted by molar-refractivity contribution is 0.363.